The fourth-order valence-electron chi connectivity index (χ4n) is 3.94. The molecule has 0 radical (unpaired) electrons. The van der Waals surface area contributed by atoms with Gasteiger partial charge in [0, 0.05) is 18.5 Å². The lowest BCUT2D eigenvalue weighted by molar-refractivity contribution is -0.0366. The molecular formula is C19H29N3O. The van der Waals surface area contributed by atoms with Gasteiger partial charge in [0.1, 0.15) is 0 Å². The average molecular weight is 315 g/mol. The molecule has 1 aromatic carbocycles. The molecule has 0 bridgehead atoms. The summed E-state index contributed by atoms with van der Waals surface area (Å²) in [6.07, 6.45) is 6.60. The topological polar surface area (TPSA) is 60.9 Å². The molecular weight excluding hydrogens is 286 g/mol. The van der Waals surface area contributed by atoms with Crippen LogP contribution in [0.5, 0.6) is 0 Å². The molecule has 4 heteroatoms. The van der Waals surface area contributed by atoms with Gasteiger partial charge in [0.25, 0.3) is 0 Å². The average Bonchev–Trinajstić information content (AvgIpc) is 2.93. The molecule has 0 saturated heterocycles. The van der Waals surface area contributed by atoms with E-state index < -0.39 is 5.60 Å². The SMILES string of the molecule is CC1(C)CCCC(C(C)(O)CNCc2ccc3[nH]ncc3c2)C1. The van der Waals surface area contributed by atoms with Crippen LogP contribution in [-0.4, -0.2) is 27.4 Å². The molecule has 2 aromatic rings. The molecule has 126 valence electrons. The van der Waals surface area contributed by atoms with Crippen LogP contribution in [0.2, 0.25) is 0 Å². The van der Waals surface area contributed by atoms with Gasteiger partial charge in [-0.3, -0.25) is 5.10 Å². The van der Waals surface area contributed by atoms with Crippen molar-refractivity contribution in [2.75, 3.05) is 6.54 Å². The Hall–Kier alpha value is -1.39. The monoisotopic (exact) mass is 315 g/mol. The summed E-state index contributed by atoms with van der Waals surface area (Å²) >= 11 is 0. The van der Waals surface area contributed by atoms with Crippen LogP contribution in [-0.2, 0) is 6.54 Å². The summed E-state index contributed by atoms with van der Waals surface area (Å²) in [5.41, 5.74) is 2.00. The molecule has 0 aliphatic heterocycles. The number of nitrogens with zero attached hydrogens (tertiary/aromatic N) is 1. The third-order valence-corrected chi connectivity index (χ3v) is 5.40. The van der Waals surface area contributed by atoms with Crippen LogP contribution in [0, 0.1) is 11.3 Å². The van der Waals surface area contributed by atoms with Gasteiger partial charge < -0.3 is 10.4 Å². The number of aromatic nitrogens is 2. The lowest BCUT2D eigenvalue weighted by Gasteiger charge is -2.42. The molecule has 3 N–H and O–H groups in total. The van der Waals surface area contributed by atoms with Crippen molar-refractivity contribution in [3.8, 4) is 0 Å². The third kappa shape index (κ3) is 3.93. The summed E-state index contributed by atoms with van der Waals surface area (Å²) in [6.45, 7) is 8.04. The molecule has 4 nitrogen and oxygen atoms in total. The number of aromatic amines is 1. The number of aliphatic hydroxyl groups is 1. The molecule has 0 amide bonds. The molecule has 1 aliphatic rings. The van der Waals surface area contributed by atoms with E-state index in [1.165, 1.54) is 18.4 Å². The maximum Gasteiger partial charge on any atom is 0.0771 e. The van der Waals surface area contributed by atoms with Gasteiger partial charge in [-0.05, 0) is 55.2 Å². The number of benzene rings is 1. The highest BCUT2D eigenvalue weighted by Gasteiger charge is 2.38. The number of fused-ring (bicyclic) bond motifs is 1. The highest BCUT2D eigenvalue weighted by Crippen LogP contribution is 2.42. The minimum absolute atomic E-state index is 0.360. The third-order valence-electron chi connectivity index (χ3n) is 5.40. The van der Waals surface area contributed by atoms with E-state index in [1.807, 2.05) is 13.1 Å². The van der Waals surface area contributed by atoms with Gasteiger partial charge in [0.15, 0.2) is 0 Å². The Balaban J connectivity index is 1.56. The number of rotatable bonds is 5. The smallest absolute Gasteiger partial charge is 0.0771 e. The second kappa shape index (κ2) is 6.25. The van der Waals surface area contributed by atoms with E-state index in [0.29, 0.717) is 17.9 Å². The first-order chi connectivity index (χ1) is 10.9. The summed E-state index contributed by atoms with van der Waals surface area (Å²) < 4.78 is 0. The quantitative estimate of drug-likeness (QED) is 0.790. The zero-order chi connectivity index (χ0) is 16.5. The normalized spacial score (nSPS) is 23.7. The standard InChI is InChI=1S/C19H29N3O/c1-18(2)8-4-5-16(10-18)19(3,23)13-20-11-14-6-7-17-15(9-14)12-21-22-17/h6-7,9,12,16,20,23H,4-5,8,10-11,13H2,1-3H3,(H,21,22). The van der Waals surface area contributed by atoms with E-state index in [1.54, 1.807) is 0 Å². The first kappa shape index (κ1) is 16.5. The number of hydrogen-bond acceptors (Lipinski definition) is 3. The summed E-state index contributed by atoms with van der Waals surface area (Å²) in [7, 11) is 0. The molecule has 0 spiro atoms. The Morgan fingerprint density at radius 2 is 2.26 bits per heavy atom. The van der Waals surface area contributed by atoms with Crippen molar-refractivity contribution in [3.05, 3.63) is 30.0 Å². The van der Waals surface area contributed by atoms with Gasteiger partial charge in [-0.25, -0.2) is 0 Å². The van der Waals surface area contributed by atoms with Crippen LogP contribution in [0.15, 0.2) is 24.4 Å². The molecule has 1 heterocycles. The van der Waals surface area contributed by atoms with Crippen LogP contribution < -0.4 is 5.32 Å². The van der Waals surface area contributed by atoms with Gasteiger partial charge in [0.05, 0.1) is 17.3 Å². The van der Waals surface area contributed by atoms with Gasteiger partial charge in [-0.15, -0.1) is 0 Å². The van der Waals surface area contributed by atoms with Crippen LogP contribution >= 0.6 is 0 Å². The van der Waals surface area contributed by atoms with E-state index >= 15 is 0 Å². The van der Waals surface area contributed by atoms with E-state index in [-0.39, 0.29) is 0 Å². The Bertz CT molecular complexity index is 659. The van der Waals surface area contributed by atoms with E-state index in [2.05, 4.69) is 47.6 Å². The van der Waals surface area contributed by atoms with Crippen LogP contribution in [0.1, 0.15) is 52.0 Å². The van der Waals surface area contributed by atoms with Crippen LogP contribution in [0.4, 0.5) is 0 Å². The summed E-state index contributed by atoms with van der Waals surface area (Å²) in [5.74, 6) is 0.384. The fraction of sp³-hybridized carbons (Fsp3) is 0.632. The van der Waals surface area contributed by atoms with Crippen LogP contribution in [0.3, 0.4) is 0 Å². The molecule has 1 fully saturated rings. The largest absolute Gasteiger partial charge is 0.389 e. The zero-order valence-electron chi connectivity index (χ0n) is 14.5. The second-order valence-electron chi connectivity index (χ2n) is 8.21. The number of H-pyrrole nitrogens is 1. The minimum atomic E-state index is -0.641. The predicted molar refractivity (Wildman–Crippen MR) is 94.2 cm³/mol. The van der Waals surface area contributed by atoms with Gasteiger partial charge in [-0.2, -0.15) is 5.10 Å². The first-order valence-corrected chi connectivity index (χ1v) is 8.71. The molecule has 1 aromatic heterocycles. The molecule has 23 heavy (non-hydrogen) atoms. The van der Waals surface area contributed by atoms with E-state index in [9.17, 15) is 5.11 Å². The van der Waals surface area contributed by atoms with Crippen LogP contribution in [0.25, 0.3) is 10.9 Å². The Labute approximate surface area is 138 Å². The van der Waals surface area contributed by atoms with Crippen molar-refractivity contribution in [1.29, 1.82) is 0 Å². The zero-order valence-corrected chi connectivity index (χ0v) is 14.5. The van der Waals surface area contributed by atoms with Crippen molar-refractivity contribution in [2.45, 2.75) is 58.6 Å². The number of nitrogens with one attached hydrogen (secondary N) is 2. The second-order valence-corrected chi connectivity index (χ2v) is 8.21. The van der Waals surface area contributed by atoms with Crippen molar-refractivity contribution >= 4 is 10.9 Å². The first-order valence-electron chi connectivity index (χ1n) is 8.71. The van der Waals surface area contributed by atoms with Gasteiger partial charge >= 0.3 is 0 Å². The summed E-state index contributed by atoms with van der Waals surface area (Å²) in [6, 6.07) is 6.30. The summed E-state index contributed by atoms with van der Waals surface area (Å²) in [5, 5.41) is 22.5. The molecule has 1 saturated carbocycles. The maximum atomic E-state index is 10.9. The highest BCUT2D eigenvalue weighted by atomic mass is 16.3. The van der Waals surface area contributed by atoms with Gasteiger partial charge in [0.2, 0.25) is 0 Å². The Morgan fingerprint density at radius 3 is 3.04 bits per heavy atom. The molecule has 3 rings (SSSR count). The van der Waals surface area contributed by atoms with Crippen molar-refractivity contribution < 1.29 is 5.11 Å². The molecule has 1 aliphatic carbocycles. The van der Waals surface area contributed by atoms with Crippen molar-refractivity contribution in [3.63, 3.8) is 0 Å². The highest BCUT2D eigenvalue weighted by molar-refractivity contribution is 5.78. The van der Waals surface area contributed by atoms with Gasteiger partial charge in [-0.1, -0.05) is 26.3 Å². The Morgan fingerprint density at radius 1 is 1.43 bits per heavy atom. The summed E-state index contributed by atoms with van der Waals surface area (Å²) in [4.78, 5) is 0. The van der Waals surface area contributed by atoms with E-state index in [4.69, 9.17) is 0 Å². The fourth-order valence-corrected chi connectivity index (χ4v) is 3.94. The minimum Gasteiger partial charge on any atom is -0.389 e. The van der Waals surface area contributed by atoms with Crippen molar-refractivity contribution in [2.24, 2.45) is 11.3 Å². The van der Waals surface area contributed by atoms with Crippen molar-refractivity contribution in [1.82, 2.24) is 15.5 Å². The molecule has 2 unspecified atom stereocenters. The van der Waals surface area contributed by atoms with E-state index in [0.717, 1.165) is 30.3 Å². The lowest BCUT2D eigenvalue weighted by atomic mass is 9.67. The molecule has 2 atom stereocenters. The predicted octanol–water partition coefficient (Wildman–Crippen LogP) is 3.62. The lowest BCUT2D eigenvalue weighted by Crippen LogP contribution is -2.46. The number of hydrogen-bond donors (Lipinski definition) is 3. The maximum absolute atomic E-state index is 10.9. The Kier molecular flexibility index (Phi) is 4.47.